The van der Waals surface area contributed by atoms with Crippen LogP contribution in [-0.2, 0) is 9.47 Å². The fourth-order valence-corrected chi connectivity index (χ4v) is 2.04. The van der Waals surface area contributed by atoms with Crippen molar-refractivity contribution in [2.24, 2.45) is 5.92 Å². The minimum absolute atomic E-state index is 0.0849. The quantitative estimate of drug-likeness (QED) is 0.709. The lowest BCUT2D eigenvalue weighted by molar-refractivity contribution is -0.0555. The van der Waals surface area contributed by atoms with Crippen molar-refractivity contribution < 1.29 is 14.6 Å². The molecule has 1 aromatic rings. The van der Waals surface area contributed by atoms with Gasteiger partial charge in [0.25, 0.3) is 0 Å². The van der Waals surface area contributed by atoms with Crippen LogP contribution in [0.2, 0.25) is 0 Å². The third-order valence-corrected chi connectivity index (χ3v) is 2.98. The predicted molar refractivity (Wildman–Crippen MR) is 63.8 cm³/mol. The smallest absolute Gasteiger partial charge is 0.351 e. The van der Waals surface area contributed by atoms with E-state index in [1.807, 2.05) is 6.07 Å². The van der Waals surface area contributed by atoms with Gasteiger partial charge in [-0.05, 0) is 6.07 Å². The van der Waals surface area contributed by atoms with Gasteiger partial charge in [0, 0.05) is 13.3 Å². The maximum atomic E-state index is 11.7. The third-order valence-electron chi connectivity index (χ3n) is 2.98. The van der Waals surface area contributed by atoms with Gasteiger partial charge in [-0.2, -0.15) is 10.2 Å². The van der Waals surface area contributed by atoms with Gasteiger partial charge >= 0.3 is 5.69 Å². The molecule has 0 aliphatic carbocycles. The number of nitrogens with two attached hydrogens (primary N) is 1. The van der Waals surface area contributed by atoms with Crippen LogP contribution in [0.1, 0.15) is 6.23 Å². The van der Waals surface area contributed by atoms with E-state index < -0.39 is 30.0 Å². The van der Waals surface area contributed by atoms with Gasteiger partial charge in [-0.15, -0.1) is 0 Å². The number of nitriles is 1. The Morgan fingerprint density at radius 2 is 2.47 bits per heavy atom. The third kappa shape index (κ3) is 2.44. The van der Waals surface area contributed by atoms with Gasteiger partial charge in [-0.25, -0.2) is 4.79 Å². The van der Waals surface area contributed by atoms with Crippen LogP contribution in [0.25, 0.3) is 0 Å². The highest BCUT2D eigenvalue weighted by Gasteiger charge is 2.45. The second-order valence-electron chi connectivity index (χ2n) is 4.21. The molecule has 2 heterocycles. The summed E-state index contributed by atoms with van der Waals surface area (Å²) < 4.78 is 11.6. The molecule has 0 radical (unpaired) electrons. The first-order valence-corrected chi connectivity index (χ1v) is 5.65. The monoisotopic (exact) mass is 266 g/mol. The van der Waals surface area contributed by atoms with Crippen LogP contribution in [0, 0.1) is 17.2 Å². The summed E-state index contributed by atoms with van der Waals surface area (Å²) in [4.78, 5) is 15.3. The molecule has 4 atom stereocenters. The predicted octanol–water partition coefficient (Wildman–Crippen LogP) is -1.13. The molecule has 102 valence electrons. The van der Waals surface area contributed by atoms with E-state index in [1.165, 1.54) is 19.4 Å². The standard InChI is InChI=1S/C11H14N4O4/c1-18-5-7-9(16)6(4-12)10(19-7)15-3-2-8(13)14-11(15)17/h2-3,6-7,9-10,16H,5H2,1H3,(H2,13,14,17). The van der Waals surface area contributed by atoms with Crippen LogP contribution in [0.15, 0.2) is 17.1 Å². The van der Waals surface area contributed by atoms with Crippen LogP contribution in [0.5, 0.6) is 0 Å². The number of nitrogens with zero attached hydrogens (tertiary/aromatic N) is 3. The van der Waals surface area contributed by atoms with E-state index in [0.29, 0.717) is 0 Å². The molecule has 1 aliphatic heterocycles. The normalized spacial score (nSPS) is 30.2. The number of hydrogen-bond donors (Lipinski definition) is 2. The number of nitrogen functional groups attached to an aromatic ring is 1. The Bertz CT molecular complexity index is 552. The first-order chi connectivity index (χ1) is 9.08. The van der Waals surface area contributed by atoms with Crippen LogP contribution < -0.4 is 11.4 Å². The molecule has 1 fully saturated rings. The largest absolute Gasteiger partial charge is 0.389 e. The van der Waals surface area contributed by atoms with E-state index in [9.17, 15) is 9.90 Å². The zero-order chi connectivity index (χ0) is 14.0. The van der Waals surface area contributed by atoms with Crippen LogP contribution in [0.4, 0.5) is 5.82 Å². The highest BCUT2D eigenvalue weighted by Crippen LogP contribution is 2.33. The number of aliphatic hydroxyl groups is 1. The molecule has 0 aromatic carbocycles. The van der Waals surface area contributed by atoms with Crippen molar-refractivity contribution in [3.05, 3.63) is 22.7 Å². The van der Waals surface area contributed by atoms with Crippen molar-refractivity contribution in [3.8, 4) is 6.07 Å². The van der Waals surface area contributed by atoms with Crippen LogP contribution in [0.3, 0.4) is 0 Å². The van der Waals surface area contributed by atoms with E-state index in [-0.39, 0.29) is 12.4 Å². The van der Waals surface area contributed by atoms with Gasteiger partial charge in [0.05, 0.1) is 12.7 Å². The molecule has 0 spiro atoms. The average Bonchev–Trinajstić information content (AvgIpc) is 2.67. The zero-order valence-corrected chi connectivity index (χ0v) is 10.3. The van der Waals surface area contributed by atoms with Crippen molar-refractivity contribution in [2.45, 2.75) is 18.4 Å². The SMILES string of the molecule is COCC1OC(n2ccc(N)nc2=O)C(C#N)C1O. The number of rotatable bonds is 3. The Labute approximate surface area is 109 Å². The number of aliphatic hydroxyl groups excluding tert-OH is 1. The average molecular weight is 266 g/mol. The Balaban J connectivity index is 2.33. The first kappa shape index (κ1) is 13.5. The molecule has 19 heavy (non-hydrogen) atoms. The molecule has 1 aliphatic rings. The Morgan fingerprint density at radius 1 is 1.74 bits per heavy atom. The Hall–Kier alpha value is -1.95. The molecule has 0 bridgehead atoms. The molecule has 8 heteroatoms. The fourth-order valence-electron chi connectivity index (χ4n) is 2.04. The van der Waals surface area contributed by atoms with Crippen molar-refractivity contribution in [1.82, 2.24) is 9.55 Å². The van der Waals surface area contributed by atoms with Crippen molar-refractivity contribution in [3.63, 3.8) is 0 Å². The first-order valence-electron chi connectivity index (χ1n) is 5.65. The second-order valence-corrected chi connectivity index (χ2v) is 4.21. The van der Waals surface area contributed by atoms with E-state index in [4.69, 9.17) is 20.5 Å². The van der Waals surface area contributed by atoms with Gasteiger partial charge in [0.2, 0.25) is 0 Å². The molecule has 1 aromatic heterocycles. The molecule has 3 N–H and O–H groups in total. The van der Waals surface area contributed by atoms with Gasteiger partial charge in [-0.3, -0.25) is 4.57 Å². The maximum absolute atomic E-state index is 11.7. The molecule has 2 rings (SSSR count). The maximum Gasteiger partial charge on any atom is 0.351 e. The summed E-state index contributed by atoms with van der Waals surface area (Å²) in [6.45, 7) is 0.132. The topological polar surface area (TPSA) is 123 Å². The minimum atomic E-state index is -1.03. The summed E-state index contributed by atoms with van der Waals surface area (Å²) in [6.07, 6.45) is -1.20. The Morgan fingerprint density at radius 3 is 3.05 bits per heavy atom. The van der Waals surface area contributed by atoms with E-state index >= 15 is 0 Å². The lowest BCUT2D eigenvalue weighted by Crippen LogP contribution is -2.31. The van der Waals surface area contributed by atoms with E-state index in [0.717, 1.165) is 4.57 Å². The van der Waals surface area contributed by atoms with Crippen LogP contribution in [-0.4, -0.2) is 40.6 Å². The van der Waals surface area contributed by atoms with Crippen molar-refractivity contribution >= 4 is 5.82 Å². The summed E-state index contributed by atoms with van der Waals surface area (Å²) in [5, 5.41) is 19.1. The lowest BCUT2D eigenvalue weighted by atomic mass is 10.0. The molecule has 0 saturated carbocycles. The van der Waals surface area contributed by atoms with E-state index in [1.54, 1.807) is 0 Å². The molecule has 1 saturated heterocycles. The summed E-state index contributed by atoms with van der Waals surface area (Å²) in [5.41, 5.74) is 4.77. The summed E-state index contributed by atoms with van der Waals surface area (Å²) in [6, 6.07) is 3.37. The molecular formula is C11H14N4O4. The fraction of sp³-hybridized carbons (Fsp3) is 0.545. The summed E-state index contributed by atoms with van der Waals surface area (Å²) >= 11 is 0. The van der Waals surface area contributed by atoms with Gasteiger partial charge < -0.3 is 20.3 Å². The number of anilines is 1. The number of methoxy groups -OCH3 is 1. The molecule has 4 unspecified atom stereocenters. The van der Waals surface area contributed by atoms with Gasteiger partial charge in [0.1, 0.15) is 23.9 Å². The summed E-state index contributed by atoms with van der Waals surface area (Å²) in [7, 11) is 1.46. The number of hydrogen-bond acceptors (Lipinski definition) is 7. The highest BCUT2D eigenvalue weighted by molar-refractivity contribution is 5.23. The van der Waals surface area contributed by atoms with Gasteiger partial charge in [0.15, 0.2) is 6.23 Å². The van der Waals surface area contributed by atoms with Crippen molar-refractivity contribution in [2.75, 3.05) is 19.5 Å². The van der Waals surface area contributed by atoms with E-state index in [2.05, 4.69) is 4.98 Å². The molecule has 8 nitrogen and oxygen atoms in total. The Kier molecular flexibility index (Phi) is 3.80. The number of aromatic nitrogens is 2. The lowest BCUT2D eigenvalue weighted by Gasteiger charge is -2.16. The van der Waals surface area contributed by atoms with Crippen molar-refractivity contribution in [1.29, 1.82) is 5.26 Å². The highest BCUT2D eigenvalue weighted by atomic mass is 16.6. The minimum Gasteiger partial charge on any atom is -0.389 e. The number of ether oxygens (including phenoxy) is 2. The zero-order valence-electron chi connectivity index (χ0n) is 10.3. The van der Waals surface area contributed by atoms with Gasteiger partial charge in [-0.1, -0.05) is 0 Å². The molecular weight excluding hydrogens is 252 g/mol. The summed E-state index contributed by atoms with van der Waals surface area (Å²) in [5.74, 6) is -0.787. The molecule has 0 amide bonds. The van der Waals surface area contributed by atoms with Crippen LogP contribution >= 0.6 is 0 Å². The second kappa shape index (κ2) is 5.36.